The second-order valence-electron chi connectivity index (χ2n) is 3.46. The SMILES string of the molecule is CC1OC1COc1ccccc1[SiH3]. The Kier molecular flexibility index (Phi) is 2.37. The summed E-state index contributed by atoms with van der Waals surface area (Å²) in [6, 6.07) is 8.19. The van der Waals surface area contributed by atoms with E-state index in [0.717, 1.165) is 16.0 Å². The van der Waals surface area contributed by atoms with E-state index in [1.807, 2.05) is 18.2 Å². The van der Waals surface area contributed by atoms with Crippen LogP contribution in [0, 0.1) is 0 Å². The zero-order valence-electron chi connectivity index (χ0n) is 7.99. The van der Waals surface area contributed by atoms with Gasteiger partial charge in [-0.05, 0) is 18.2 Å². The average Bonchev–Trinajstić information content (AvgIpc) is 2.81. The van der Waals surface area contributed by atoms with Crippen molar-refractivity contribution in [2.75, 3.05) is 6.61 Å². The molecule has 0 amide bonds. The van der Waals surface area contributed by atoms with E-state index < -0.39 is 0 Å². The molecule has 3 heteroatoms. The molecule has 1 aliphatic rings. The summed E-state index contributed by atoms with van der Waals surface area (Å²) in [5.74, 6) is 1.02. The van der Waals surface area contributed by atoms with Crippen LogP contribution < -0.4 is 9.92 Å². The molecule has 0 N–H and O–H groups in total. The number of hydrogen-bond acceptors (Lipinski definition) is 2. The zero-order chi connectivity index (χ0) is 9.26. The van der Waals surface area contributed by atoms with Crippen molar-refractivity contribution in [2.45, 2.75) is 19.1 Å². The molecule has 1 heterocycles. The highest BCUT2D eigenvalue weighted by molar-refractivity contribution is 6.34. The molecule has 2 unspecified atom stereocenters. The predicted molar refractivity (Wildman–Crippen MR) is 55.8 cm³/mol. The monoisotopic (exact) mass is 194 g/mol. The Balaban J connectivity index is 1.90. The fraction of sp³-hybridized carbons (Fsp3) is 0.400. The summed E-state index contributed by atoms with van der Waals surface area (Å²) in [6.45, 7) is 2.76. The molecule has 1 aromatic rings. The lowest BCUT2D eigenvalue weighted by Gasteiger charge is -2.06. The average molecular weight is 194 g/mol. The lowest BCUT2D eigenvalue weighted by molar-refractivity contribution is 0.262. The highest BCUT2D eigenvalue weighted by Crippen LogP contribution is 2.21. The van der Waals surface area contributed by atoms with Crippen molar-refractivity contribution >= 4 is 15.4 Å². The molecular formula is C10H14O2Si. The quantitative estimate of drug-likeness (QED) is 0.493. The third-order valence-corrected chi connectivity index (χ3v) is 3.16. The molecule has 1 aromatic carbocycles. The maximum Gasteiger partial charge on any atom is 0.118 e. The number of ether oxygens (including phenoxy) is 2. The van der Waals surface area contributed by atoms with Crippen LogP contribution in [0.2, 0.25) is 0 Å². The lowest BCUT2D eigenvalue weighted by Crippen LogP contribution is -2.13. The number of rotatable bonds is 3. The molecule has 1 saturated heterocycles. The van der Waals surface area contributed by atoms with E-state index in [-0.39, 0.29) is 0 Å². The van der Waals surface area contributed by atoms with Crippen LogP contribution in [0.3, 0.4) is 0 Å². The molecule has 0 saturated carbocycles. The van der Waals surface area contributed by atoms with Gasteiger partial charge < -0.3 is 9.47 Å². The van der Waals surface area contributed by atoms with Gasteiger partial charge in [-0.15, -0.1) is 0 Å². The third-order valence-electron chi connectivity index (χ3n) is 2.33. The first-order chi connectivity index (χ1) is 6.27. The van der Waals surface area contributed by atoms with Crippen molar-refractivity contribution in [3.05, 3.63) is 24.3 Å². The van der Waals surface area contributed by atoms with Gasteiger partial charge in [0.2, 0.25) is 0 Å². The molecule has 0 aliphatic carbocycles. The molecule has 0 spiro atoms. The Labute approximate surface area is 81.3 Å². The minimum absolute atomic E-state index is 0.321. The highest BCUT2D eigenvalue weighted by Gasteiger charge is 2.34. The topological polar surface area (TPSA) is 21.8 Å². The summed E-state index contributed by atoms with van der Waals surface area (Å²) in [7, 11) is 1.03. The Bertz CT molecular complexity index is 301. The minimum atomic E-state index is 0.321. The third kappa shape index (κ3) is 2.11. The van der Waals surface area contributed by atoms with E-state index in [1.54, 1.807) is 0 Å². The summed E-state index contributed by atoms with van der Waals surface area (Å²) in [5, 5.41) is 1.32. The van der Waals surface area contributed by atoms with Crippen molar-refractivity contribution in [1.29, 1.82) is 0 Å². The zero-order valence-corrected chi connectivity index (χ0v) is 9.99. The molecular weight excluding hydrogens is 180 g/mol. The van der Waals surface area contributed by atoms with Crippen LogP contribution in [-0.4, -0.2) is 29.1 Å². The van der Waals surface area contributed by atoms with Crippen LogP contribution in [0.5, 0.6) is 5.75 Å². The van der Waals surface area contributed by atoms with Crippen molar-refractivity contribution in [1.82, 2.24) is 0 Å². The van der Waals surface area contributed by atoms with E-state index in [2.05, 4.69) is 13.0 Å². The van der Waals surface area contributed by atoms with Gasteiger partial charge in [-0.25, -0.2) is 0 Å². The number of epoxide rings is 1. The van der Waals surface area contributed by atoms with Gasteiger partial charge in [-0.2, -0.15) is 0 Å². The molecule has 13 heavy (non-hydrogen) atoms. The molecule has 70 valence electrons. The molecule has 2 nitrogen and oxygen atoms in total. The minimum Gasteiger partial charge on any atom is -0.491 e. The van der Waals surface area contributed by atoms with Gasteiger partial charge in [-0.1, -0.05) is 18.2 Å². The summed E-state index contributed by atoms with van der Waals surface area (Å²) in [6.07, 6.45) is 0.711. The Morgan fingerprint density at radius 1 is 1.46 bits per heavy atom. The Morgan fingerprint density at radius 2 is 2.15 bits per heavy atom. The fourth-order valence-electron chi connectivity index (χ4n) is 1.30. The second-order valence-corrected chi connectivity index (χ2v) is 4.53. The van der Waals surface area contributed by atoms with Gasteiger partial charge in [0.25, 0.3) is 0 Å². The summed E-state index contributed by atoms with van der Waals surface area (Å²) in [5.41, 5.74) is 0. The lowest BCUT2D eigenvalue weighted by atomic mass is 10.3. The Hall–Kier alpha value is -0.803. The fourth-order valence-corrected chi connectivity index (χ4v) is 1.80. The van der Waals surface area contributed by atoms with Crippen LogP contribution in [-0.2, 0) is 4.74 Å². The van der Waals surface area contributed by atoms with Crippen LogP contribution >= 0.6 is 0 Å². The normalized spacial score (nSPS) is 25.9. The first kappa shape index (κ1) is 8.78. The molecule has 0 radical (unpaired) electrons. The molecule has 1 fully saturated rings. The second kappa shape index (κ2) is 3.52. The van der Waals surface area contributed by atoms with Gasteiger partial charge in [0.05, 0.1) is 6.10 Å². The summed E-state index contributed by atoms with van der Waals surface area (Å²) < 4.78 is 10.9. The van der Waals surface area contributed by atoms with Crippen LogP contribution in [0.4, 0.5) is 0 Å². The number of para-hydroxylation sites is 1. The first-order valence-electron chi connectivity index (χ1n) is 4.61. The molecule has 2 rings (SSSR count). The highest BCUT2D eigenvalue weighted by atomic mass is 28.1. The maximum atomic E-state index is 5.64. The van der Waals surface area contributed by atoms with Crippen LogP contribution in [0.25, 0.3) is 0 Å². The standard InChI is InChI=1S/C10H14O2Si/c1-7-9(12-7)6-11-8-4-2-3-5-10(8)13/h2-5,7,9H,6H2,1,13H3. The molecule has 2 atom stereocenters. The van der Waals surface area contributed by atoms with Gasteiger partial charge in [0, 0.05) is 10.2 Å². The number of benzene rings is 1. The van der Waals surface area contributed by atoms with E-state index in [1.165, 1.54) is 5.19 Å². The van der Waals surface area contributed by atoms with Crippen molar-refractivity contribution in [2.24, 2.45) is 0 Å². The van der Waals surface area contributed by atoms with E-state index in [4.69, 9.17) is 9.47 Å². The van der Waals surface area contributed by atoms with E-state index in [0.29, 0.717) is 18.8 Å². The number of hydrogen-bond donors (Lipinski definition) is 0. The summed E-state index contributed by atoms with van der Waals surface area (Å²) >= 11 is 0. The van der Waals surface area contributed by atoms with Gasteiger partial charge in [0.15, 0.2) is 0 Å². The van der Waals surface area contributed by atoms with Crippen molar-refractivity contribution in [3.63, 3.8) is 0 Å². The molecule has 0 bridgehead atoms. The largest absolute Gasteiger partial charge is 0.491 e. The van der Waals surface area contributed by atoms with Crippen molar-refractivity contribution < 1.29 is 9.47 Å². The van der Waals surface area contributed by atoms with Gasteiger partial charge in [0.1, 0.15) is 18.5 Å². The predicted octanol–water partition coefficient (Wildman–Crippen LogP) is -0.157. The first-order valence-corrected chi connectivity index (χ1v) is 5.61. The van der Waals surface area contributed by atoms with Crippen LogP contribution in [0.1, 0.15) is 6.92 Å². The van der Waals surface area contributed by atoms with Gasteiger partial charge in [-0.3, -0.25) is 0 Å². The van der Waals surface area contributed by atoms with Crippen LogP contribution in [0.15, 0.2) is 24.3 Å². The smallest absolute Gasteiger partial charge is 0.118 e. The Morgan fingerprint density at radius 3 is 2.77 bits per heavy atom. The van der Waals surface area contributed by atoms with Gasteiger partial charge >= 0.3 is 0 Å². The van der Waals surface area contributed by atoms with Crippen molar-refractivity contribution in [3.8, 4) is 5.75 Å². The molecule has 0 aromatic heterocycles. The van der Waals surface area contributed by atoms with E-state index >= 15 is 0 Å². The molecule has 1 aliphatic heterocycles. The van der Waals surface area contributed by atoms with E-state index in [9.17, 15) is 0 Å². The summed E-state index contributed by atoms with van der Waals surface area (Å²) in [4.78, 5) is 0. The maximum absolute atomic E-state index is 5.64.